The van der Waals surface area contributed by atoms with E-state index in [2.05, 4.69) is 0 Å². The molecule has 0 spiro atoms. The average molecular weight is 527 g/mol. The summed E-state index contributed by atoms with van der Waals surface area (Å²) >= 11 is 7.30. The fourth-order valence-electron chi connectivity index (χ4n) is 4.18. The molecule has 0 radical (unpaired) electrons. The molecule has 36 heavy (non-hydrogen) atoms. The van der Waals surface area contributed by atoms with Crippen LogP contribution in [0.15, 0.2) is 63.5 Å². The van der Waals surface area contributed by atoms with Gasteiger partial charge in [-0.1, -0.05) is 48.4 Å². The molecule has 188 valence electrons. The molecule has 4 rings (SSSR count). The third kappa shape index (κ3) is 4.96. The highest BCUT2D eigenvalue weighted by atomic mass is 35.5. The molecule has 1 aliphatic heterocycles. The maximum Gasteiger partial charge on any atom is 0.338 e. The molecule has 2 heterocycles. The zero-order valence-electron chi connectivity index (χ0n) is 20.5. The average Bonchev–Trinajstić information content (AvgIpc) is 3.18. The predicted molar refractivity (Wildman–Crippen MR) is 141 cm³/mol. The number of aromatic nitrogens is 1. The van der Waals surface area contributed by atoms with Gasteiger partial charge in [0.2, 0.25) is 0 Å². The Morgan fingerprint density at radius 2 is 1.89 bits per heavy atom. The molecule has 0 aliphatic carbocycles. The van der Waals surface area contributed by atoms with E-state index in [1.54, 1.807) is 62.1 Å². The van der Waals surface area contributed by atoms with E-state index < -0.39 is 12.0 Å². The van der Waals surface area contributed by atoms with Gasteiger partial charge in [-0.15, -0.1) is 0 Å². The number of allylic oxidation sites excluding steroid dienone is 1. The highest BCUT2D eigenvalue weighted by Gasteiger charge is 2.36. The van der Waals surface area contributed by atoms with Gasteiger partial charge in [-0.05, 0) is 55.3 Å². The molecule has 0 amide bonds. The van der Waals surface area contributed by atoms with Crippen molar-refractivity contribution in [2.75, 3.05) is 20.8 Å². The Labute approximate surface area is 217 Å². The zero-order chi connectivity index (χ0) is 25.8. The zero-order valence-corrected chi connectivity index (χ0v) is 22.1. The number of thiazole rings is 1. The van der Waals surface area contributed by atoms with Crippen LogP contribution < -0.4 is 24.4 Å². The van der Waals surface area contributed by atoms with Crippen molar-refractivity contribution >= 4 is 35.0 Å². The summed E-state index contributed by atoms with van der Waals surface area (Å²) in [5.41, 5.74) is 2.11. The van der Waals surface area contributed by atoms with E-state index in [-0.39, 0.29) is 12.2 Å². The van der Waals surface area contributed by atoms with Crippen LogP contribution >= 0.6 is 22.9 Å². The van der Waals surface area contributed by atoms with Crippen molar-refractivity contribution in [2.24, 2.45) is 4.99 Å². The molecule has 0 bridgehead atoms. The van der Waals surface area contributed by atoms with Crippen molar-refractivity contribution in [3.05, 3.63) is 89.6 Å². The Hall–Kier alpha value is -3.36. The summed E-state index contributed by atoms with van der Waals surface area (Å²) in [4.78, 5) is 32.4. The van der Waals surface area contributed by atoms with Gasteiger partial charge in [0.1, 0.15) is 17.5 Å². The van der Waals surface area contributed by atoms with Gasteiger partial charge in [0.05, 0.1) is 36.6 Å². The topological polar surface area (TPSA) is 79.1 Å². The first kappa shape index (κ1) is 25.7. The largest absolute Gasteiger partial charge is 0.497 e. The lowest BCUT2D eigenvalue weighted by Crippen LogP contribution is -2.40. The summed E-state index contributed by atoms with van der Waals surface area (Å²) in [5.74, 6) is 0.588. The number of halogens is 1. The molecule has 9 heteroatoms. The van der Waals surface area contributed by atoms with E-state index in [1.807, 2.05) is 19.1 Å². The lowest BCUT2D eigenvalue weighted by atomic mass is 9.93. The van der Waals surface area contributed by atoms with Gasteiger partial charge in [0.15, 0.2) is 4.80 Å². The van der Waals surface area contributed by atoms with Crippen molar-refractivity contribution in [1.82, 2.24) is 4.57 Å². The Morgan fingerprint density at radius 3 is 2.53 bits per heavy atom. The number of hydrogen-bond acceptors (Lipinski definition) is 7. The normalized spacial score (nSPS) is 15.4. The number of carbonyl (C=O) groups excluding carboxylic acids is 1. The summed E-state index contributed by atoms with van der Waals surface area (Å²) in [6, 6.07) is 11.8. The Kier molecular flexibility index (Phi) is 7.96. The minimum Gasteiger partial charge on any atom is -0.497 e. The first-order valence-corrected chi connectivity index (χ1v) is 12.8. The third-order valence-corrected chi connectivity index (χ3v) is 7.03. The fraction of sp³-hybridized carbons (Fsp3) is 0.296. The second kappa shape index (κ2) is 11.1. The lowest BCUT2D eigenvalue weighted by molar-refractivity contribution is -0.139. The van der Waals surface area contributed by atoms with Gasteiger partial charge in [-0.2, -0.15) is 0 Å². The van der Waals surface area contributed by atoms with Crippen molar-refractivity contribution < 1.29 is 19.0 Å². The number of esters is 1. The molecule has 1 aromatic heterocycles. The minimum atomic E-state index is -0.792. The monoisotopic (exact) mass is 526 g/mol. The van der Waals surface area contributed by atoms with Crippen LogP contribution in [-0.4, -0.2) is 31.4 Å². The number of hydrogen-bond donors (Lipinski definition) is 0. The van der Waals surface area contributed by atoms with Crippen LogP contribution in [0.2, 0.25) is 5.02 Å². The maximum absolute atomic E-state index is 13.8. The van der Waals surface area contributed by atoms with Crippen molar-refractivity contribution in [3.8, 4) is 11.5 Å². The molecule has 7 nitrogen and oxygen atoms in total. The number of methoxy groups -OCH3 is 2. The summed E-state index contributed by atoms with van der Waals surface area (Å²) in [6.07, 6.45) is 3.12. The smallest absolute Gasteiger partial charge is 0.338 e. The first-order valence-electron chi connectivity index (χ1n) is 11.6. The molecule has 1 aliphatic rings. The van der Waals surface area contributed by atoms with E-state index in [1.165, 1.54) is 11.3 Å². The van der Waals surface area contributed by atoms with E-state index >= 15 is 0 Å². The summed E-state index contributed by atoms with van der Waals surface area (Å²) < 4.78 is 18.6. The standard InChI is InChI=1S/C27H27ClN2O5S/c1-5-7-20-23(26(32)35-6-2)24(19-15-18(33-3)12-13-21(19)34-4)30-25(31)22(36-27(30)29-20)14-16-8-10-17(28)11-9-16/h8-15,24H,5-7H2,1-4H3/b22-14-/t24-/m1/s1. The highest BCUT2D eigenvalue weighted by molar-refractivity contribution is 7.07. The van der Waals surface area contributed by atoms with Gasteiger partial charge in [-0.3, -0.25) is 9.36 Å². The molecular formula is C27H27ClN2O5S. The number of rotatable bonds is 8. The lowest BCUT2D eigenvalue weighted by Gasteiger charge is -2.27. The maximum atomic E-state index is 13.8. The number of ether oxygens (including phenoxy) is 3. The van der Waals surface area contributed by atoms with E-state index in [0.717, 1.165) is 12.0 Å². The quantitative estimate of drug-likeness (QED) is 0.410. The van der Waals surface area contributed by atoms with Crippen LogP contribution in [0.5, 0.6) is 11.5 Å². The van der Waals surface area contributed by atoms with Crippen LogP contribution in [-0.2, 0) is 9.53 Å². The van der Waals surface area contributed by atoms with E-state index in [4.69, 9.17) is 30.8 Å². The first-order chi connectivity index (χ1) is 17.4. The van der Waals surface area contributed by atoms with Crippen LogP contribution in [0.1, 0.15) is 43.9 Å². The molecule has 0 fully saturated rings. The number of carbonyl (C=O) groups is 1. The molecule has 0 saturated heterocycles. The molecule has 1 atom stereocenters. The Balaban J connectivity index is 2.05. The van der Waals surface area contributed by atoms with Gasteiger partial charge < -0.3 is 14.2 Å². The third-order valence-electron chi connectivity index (χ3n) is 5.79. The van der Waals surface area contributed by atoms with Gasteiger partial charge in [0.25, 0.3) is 5.56 Å². The van der Waals surface area contributed by atoms with Gasteiger partial charge in [-0.25, -0.2) is 9.79 Å². The van der Waals surface area contributed by atoms with Crippen molar-refractivity contribution in [1.29, 1.82) is 0 Å². The summed E-state index contributed by atoms with van der Waals surface area (Å²) in [6.45, 7) is 3.97. The van der Waals surface area contributed by atoms with Crippen LogP contribution in [0, 0.1) is 0 Å². The SMILES string of the molecule is CCCC1=C(C(=O)OCC)[C@@H](c2cc(OC)ccc2OC)n2c(s/c(=C\c3ccc(Cl)cc3)c2=O)=N1. The fourth-order valence-corrected chi connectivity index (χ4v) is 5.32. The van der Waals surface area contributed by atoms with Crippen LogP contribution in [0.4, 0.5) is 0 Å². The van der Waals surface area contributed by atoms with Crippen LogP contribution in [0.25, 0.3) is 6.08 Å². The Bertz CT molecular complexity index is 1490. The molecule has 0 unspecified atom stereocenters. The molecule has 0 N–H and O–H groups in total. The molecular weight excluding hydrogens is 500 g/mol. The number of benzene rings is 2. The minimum absolute atomic E-state index is 0.199. The number of nitrogens with zero attached hydrogens (tertiary/aromatic N) is 2. The van der Waals surface area contributed by atoms with E-state index in [0.29, 0.717) is 49.1 Å². The van der Waals surface area contributed by atoms with Crippen molar-refractivity contribution in [2.45, 2.75) is 32.7 Å². The van der Waals surface area contributed by atoms with Gasteiger partial charge >= 0.3 is 5.97 Å². The summed E-state index contributed by atoms with van der Waals surface area (Å²) in [5, 5.41) is 0.613. The highest BCUT2D eigenvalue weighted by Crippen LogP contribution is 2.38. The second-order valence-corrected chi connectivity index (χ2v) is 9.52. The summed E-state index contributed by atoms with van der Waals surface area (Å²) in [7, 11) is 3.12. The Morgan fingerprint density at radius 1 is 1.14 bits per heavy atom. The predicted octanol–water partition coefficient (Wildman–Crippen LogP) is 4.25. The van der Waals surface area contributed by atoms with Crippen molar-refractivity contribution in [3.63, 3.8) is 0 Å². The second-order valence-electron chi connectivity index (χ2n) is 8.07. The van der Waals surface area contributed by atoms with Gasteiger partial charge in [0, 0.05) is 10.6 Å². The molecule has 3 aromatic rings. The number of fused-ring (bicyclic) bond motifs is 1. The van der Waals surface area contributed by atoms with Crippen LogP contribution in [0.3, 0.4) is 0 Å². The molecule has 0 saturated carbocycles. The van der Waals surface area contributed by atoms with E-state index in [9.17, 15) is 9.59 Å². The molecule has 2 aromatic carbocycles.